The van der Waals surface area contributed by atoms with Crippen molar-refractivity contribution in [3.8, 4) is 11.5 Å². The third-order valence-electron chi connectivity index (χ3n) is 8.20. The Bertz CT molecular complexity index is 1140. The molecule has 2 heterocycles. The minimum Gasteiger partial charge on any atom is -0.493 e. The first-order valence-corrected chi connectivity index (χ1v) is 11.9. The van der Waals surface area contributed by atoms with Gasteiger partial charge in [0, 0.05) is 6.20 Å². The maximum atomic E-state index is 13.2. The zero-order chi connectivity index (χ0) is 23.6. The van der Waals surface area contributed by atoms with Crippen LogP contribution in [-0.4, -0.2) is 36.1 Å². The van der Waals surface area contributed by atoms with Crippen LogP contribution in [0.4, 0.5) is 5.82 Å². The van der Waals surface area contributed by atoms with Gasteiger partial charge in [-0.2, -0.15) is 0 Å². The predicted octanol–water partition coefficient (Wildman–Crippen LogP) is 3.32. The zero-order valence-corrected chi connectivity index (χ0v) is 19.3. The average molecular weight is 461 g/mol. The number of nitrogens with zero attached hydrogens (tertiary/aromatic N) is 2. The normalized spacial score (nSPS) is 31.3. The molecule has 1 aromatic heterocycles. The van der Waals surface area contributed by atoms with Crippen LogP contribution in [0.3, 0.4) is 0 Å². The van der Waals surface area contributed by atoms with Crippen LogP contribution in [0.15, 0.2) is 48.7 Å². The van der Waals surface area contributed by atoms with E-state index in [1.54, 1.807) is 32.5 Å². The van der Waals surface area contributed by atoms with E-state index in [9.17, 15) is 14.7 Å². The van der Waals surface area contributed by atoms with E-state index in [0.717, 1.165) is 12.0 Å². The lowest BCUT2D eigenvalue weighted by Crippen LogP contribution is -2.40. The third kappa shape index (κ3) is 3.17. The highest BCUT2D eigenvalue weighted by molar-refractivity contribution is 6.22. The zero-order valence-electron chi connectivity index (χ0n) is 19.3. The van der Waals surface area contributed by atoms with Gasteiger partial charge in [0.1, 0.15) is 5.82 Å². The number of rotatable bonds is 7. The van der Waals surface area contributed by atoms with Crippen molar-refractivity contribution < 1.29 is 24.2 Å². The molecule has 7 atom stereocenters. The molecule has 1 aromatic carbocycles. The van der Waals surface area contributed by atoms with Crippen LogP contribution >= 0.6 is 0 Å². The summed E-state index contributed by atoms with van der Waals surface area (Å²) in [5.74, 6) is 2.50. The molecule has 2 amide bonds. The second-order valence-electron chi connectivity index (χ2n) is 9.86. The molecule has 7 rings (SSSR count). The SMILES string of the molecule is COc1ccc(CCC(O)c2ccc(N3C(=O)C4C5C=CC(C6CC56)C4C3=O)nc2)cc1OC. The number of methoxy groups -OCH3 is 2. The molecular weight excluding hydrogens is 432 g/mol. The largest absolute Gasteiger partial charge is 0.493 e. The molecule has 4 aliphatic carbocycles. The summed E-state index contributed by atoms with van der Waals surface area (Å²) in [6, 6.07) is 9.14. The van der Waals surface area contributed by atoms with E-state index in [1.807, 2.05) is 18.2 Å². The van der Waals surface area contributed by atoms with Crippen LogP contribution in [-0.2, 0) is 16.0 Å². The summed E-state index contributed by atoms with van der Waals surface area (Å²) in [5, 5.41) is 10.7. The molecule has 2 aromatic rings. The number of imide groups is 1. The molecule has 5 aliphatic rings. The van der Waals surface area contributed by atoms with Gasteiger partial charge in [-0.15, -0.1) is 0 Å². The number of hydrogen-bond acceptors (Lipinski definition) is 6. The lowest BCUT2D eigenvalue weighted by atomic mass is 9.63. The molecule has 2 bridgehead atoms. The second-order valence-corrected chi connectivity index (χ2v) is 9.86. The Balaban J connectivity index is 1.14. The molecule has 2 saturated carbocycles. The molecule has 1 aliphatic heterocycles. The maximum Gasteiger partial charge on any atom is 0.239 e. The fourth-order valence-electron chi connectivity index (χ4n) is 6.42. The van der Waals surface area contributed by atoms with Gasteiger partial charge in [0.05, 0.1) is 32.2 Å². The van der Waals surface area contributed by atoms with Crippen LogP contribution in [0.2, 0.25) is 0 Å². The number of aryl methyl sites for hydroxylation is 1. The van der Waals surface area contributed by atoms with Gasteiger partial charge < -0.3 is 14.6 Å². The number of benzene rings is 1. The highest BCUT2D eigenvalue weighted by Crippen LogP contribution is 2.65. The van der Waals surface area contributed by atoms with E-state index in [1.165, 1.54) is 4.90 Å². The molecule has 3 fully saturated rings. The number of aliphatic hydroxyl groups is 1. The van der Waals surface area contributed by atoms with Crippen LogP contribution in [0.25, 0.3) is 0 Å². The summed E-state index contributed by atoms with van der Waals surface area (Å²) < 4.78 is 10.6. The minimum absolute atomic E-state index is 0.117. The van der Waals surface area contributed by atoms with Gasteiger partial charge >= 0.3 is 0 Å². The van der Waals surface area contributed by atoms with Crippen molar-refractivity contribution in [2.24, 2.45) is 35.5 Å². The van der Waals surface area contributed by atoms with Crippen LogP contribution in [0, 0.1) is 35.5 Å². The monoisotopic (exact) mass is 460 g/mol. The Hall–Kier alpha value is -3.19. The Morgan fingerprint density at radius 2 is 1.68 bits per heavy atom. The van der Waals surface area contributed by atoms with Crippen molar-refractivity contribution >= 4 is 17.6 Å². The van der Waals surface area contributed by atoms with Crippen molar-refractivity contribution in [3.63, 3.8) is 0 Å². The third-order valence-corrected chi connectivity index (χ3v) is 8.20. The first-order chi connectivity index (χ1) is 16.5. The smallest absolute Gasteiger partial charge is 0.239 e. The number of hydrogen-bond donors (Lipinski definition) is 1. The number of aromatic nitrogens is 1. The van der Waals surface area contributed by atoms with Crippen LogP contribution in [0.1, 0.15) is 30.1 Å². The fourth-order valence-corrected chi connectivity index (χ4v) is 6.42. The van der Waals surface area contributed by atoms with Crippen molar-refractivity contribution in [1.82, 2.24) is 4.98 Å². The maximum absolute atomic E-state index is 13.2. The first-order valence-electron chi connectivity index (χ1n) is 11.9. The van der Waals surface area contributed by atoms with Gasteiger partial charge in [0.25, 0.3) is 0 Å². The van der Waals surface area contributed by atoms with Gasteiger partial charge in [-0.1, -0.05) is 24.3 Å². The summed E-state index contributed by atoms with van der Waals surface area (Å²) >= 11 is 0. The first kappa shape index (κ1) is 21.4. The number of ether oxygens (including phenoxy) is 2. The molecule has 0 spiro atoms. The molecule has 1 N–H and O–H groups in total. The quantitative estimate of drug-likeness (QED) is 0.504. The van der Waals surface area contributed by atoms with E-state index >= 15 is 0 Å². The van der Waals surface area contributed by atoms with Gasteiger partial charge in [-0.05, 0) is 72.3 Å². The Morgan fingerprint density at radius 3 is 2.26 bits per heavy atom. The number of anilines is 1. The average Bonchev–Trinajstić information content (AvgIpc) is 3.65. The number of carbonyl (C=O) groups excluding carboxylic acids is 2. The number of pyridine rings is 1. The van der Waals surface area contributed by atoms with Gasteiger partial charge in [-0.25, -0.2) is 9.88 Å². The van der Waals surface area contributed by atoms with E-state index < -0.39 is 6.10 Å². The highest BCUT2D eigenvalue weighted by Gasteiger charge is 2.67. The number of allylic oxidation sites excluding steroid dienone is 2. The number of amides is 2. The second kappa shape index (κ2) is 7.94. The Labute approximate surface area is 198 Å². The Morgan fingerprint density at radius 1 is 1.00 bits per heavy atom. The van der Waals surface area contributed by atoms with Crippen LogP contribution < -0.4 is 14.4 Å². The summed E-state index contributed by atoms with van der Waals surface area (Å²) in [7, 11) is 3.19. The lowest BCUT2D eigenvalue weighted by Gasteiger charge is -2.37. The molecule has 1 saturated heterocycles. The molecule has 176 valence electrons. The van der Waals surface area contributed by atoms with E-state index in [2.05, 4.69) is 17.1 Å². The van der Waals surface area contributed by atoms with Crippen molar-refractivity contribution in [2.75, 3.05) is 19.1 Å². The van der Waals surface area contributed by atoms with Crippen molar-refractivity contribution in [1.29, 1.82) is 0 Å². The van der Waals surface area contributed by atoms with E-state index in [4.69, 9.17) is 9.47 Å². The van der Waals surface area contributed by atoms with E-state index in [0.29, 0.717) is 47.6 Å². The predicted molar refractivity (Wildman–Crippen MR) is 124 cm³/mol. The lowest BCUT2D eigenvalue weighted by molar-refractivity contribution is -0.124. The molecule has 7 nitrogen and oxygen atoms in total. The van der Waals surface area contributed by atoms with E-state index in [-0.39, 0.29) is 35.5 Å². The molecule has 0 radical (unpaired) electrons. The summed E-state index contributed by atoms with van der Waals surface area (Å²) in [5.41, 5.74) is 1.68. The van der Waals surface area contributed by atoms with Crippen molar-refractivity contribution in [3.05, 3.63) is 59.8 Å². The summed E-state index contributed by atoms with van der Waals surface area (Å²) in [6.45, 7) is 0. The van der Waals surface area contributed by atoms with Crippen molar-refractivity contribution in [2.45, 2.75) is 25.4 Å². The standard InChI is InChI=1S/C27H28N2O5/c1-33-21-9-4-14(11-22(21)34-2)3-8-20(30)15-5-10-23(28-13-15)29-26(31)24-16-6-7-17(19-12-18(16)19)25(24)27(29)32/h4-7,9-11,13,16-20,24-25,30H,3,8,12H2,1-2H3. The number of carbonyl (C=O) groups is 2. The minimum atomic E-state index is -0.714. The number of aliphatic hydroxyl groups excluding tert-OH is 1. The van der Waals surface area contributed by atoms with Crippen LogP contribution in [0.5, 0.6) is 11.5 Å². The molecule has 7 unspecified atom stereocenters. The highest BCUT2D eigenvalue weighted by atomic mass is 16.5. The Kier molecular flexibility index (Phi) is 4.99. The topological polar surface area (TPSA) is 89.0 Å². The summed E-state index contributed by atoms with van der Waals surface area (Å²) in [4.78, 5) is 32.2. The van der Waals surface area contributed by atoms with Gasteiger partial charge in [-0.3, -0.25) is 9.59 Å². The fraction of sp³-hybridized carbons (Fsp3) is 0.444. The molecule has 7 heteroatoms. The van der Waals surface area contributed by atoms with Gasteiger partial charge in [0.15, 0.2) is 11.5 Å². The summed E-state index contributed by atoms with van der Waals surface area (Å²) in [6.07, 6.45) is 7.48. The molecule has 34 heavy (non-hydrogen) atoms. The van der Waals surface area contributed by atoms with Gasteiger partial charge in [0.2, 0.25) is 11.8 Å². The molecular formula is C27H28N2O5.